The molecular weight excluding hydrogens is 318 g/mol. The van der Waals surface area contributed by atoms with E-state index < -0.39 is 5.97 Å². The van der Waals surface area contributed by atoms with E-state index in [1.807, 2.05) is 12.1 Å². The molecule has 0 saturated carbocycles. The van der Waals surface area contributed by atoms with Gasteiger partial charge in [-0.25, -0.2) is 14.7 Å². The molecule has 0 aliphatic carbocycles. The van der Waals surface area contributed by atoms with Gasteiger partial charge in [0, 0.05) is 28.4 Å². The topological polar surface area (TPSA) is 92.0 Å². The highest BCUT2D eigenvalue weighted by molar-refractivity contribution is 6.30. The fourth-order valence-electron chi connectivity index (χ4n) is 2.25. The van der Waals surface area contributed by atoms with E-state index in [4.69, 9.17) is 16.7 Å². The number of carboxylic acid groups (broad SMARTS) is 1. The molecule has 3 rings (SSSR count). The number of rotatable bonds is 4. The number of benzene rings is 2. The number of aromatic nitrogens is 2. The van der Waals surface area contributed by atoms with E-state index >= 15 is 0 Å². The van der Waals surface area contributed by atoms with E-state index in [9.17, 15) is 10.0 Å². The number of aromatic carboxylic acids is 1. The largest absolute Gasteiger partial charge is 0.478 e. The number of quaternary nitrogens is 1. The third-order valence-corrected chi connectivity index (χ3v) is 3.68. The van der Waals surface area contributed by atoms with Crippen molar-refractivity contribution in [1.29, 1.82) is 0 Å². The normalized spacial score (nSPS) is 10.7. The number of carbonyl (C=O) groups is 1. The second-order valence-corrected chi connectivity index (χ2v) is 5.32. The van der Waals surface area contributed by atoms with E-state index in [-0.39, 0.29) is 5.56 Å². The first-order chi connectivity index (χ1) is 11.1. The fourth-order valence-corrected chi connectivity index (χ4v) is 2.37. The highest BCUT2D eigenvalue weighted by Gasteiger charge is 2.14. The van der Waals surface area contributed by atoms with Gasteiger partial charge in [0.25, 0.3) is 0 Å². The average Bonchev–Trinajstić information content (AvgIpc) is 3.04. The number of nitrogens with two attached hydrogens (primary N) is 1. The molecule has 0 fully saturated rings. The zero-order chi connectivity index (χ0) is 16.4. The van der Waals surface area contributed by atoms with Gasteiger partial charge in [0.2, 0.25) is 0 Å². The molecule has 4 N–H and O–H groups in total. The molecule has 23 heavy (non-hydrogen) atoms. The monoisotopic (exact) mass is 330 g/mol. The fraction of sp³-hybridized carbons (Fsp3) is 0. The number of carboxylic acids is 1. The van der Waals surface area contributed by atoms with Gasteiger partial charge in [-0.05, 0) is 36.4 Å². The maximum absolute atomic E-state index is 11.1. The molecular formula is C16H13ClN3O3+. The minimum Gasteiger partial charge on any atom is -0.478 e. The van der Waals surface area contributed by atoms with Crippen LogP contribution >= 0.6 is 11.6 Å². The summed E-state index contributed by atoms with van der Waals surface area (Å²) in [4.78, 5) is 11.1. The van der Waals surface area contributed by atoms with Crippen molar-refractivity contribution in [3.05, 3.63) is 65.4 Å². The van der Waals surface area contributed by atoms with Gasteiger partial charge >= 0.3 is 5.97 Å². The SMILES string of the molecule is O=C(O)c1ccc([NH2+]O)c(-c2cnn(-c3ccc(Cl)cc3)c2)c1. The third-order valence-electron chi connectivity index (χ3n) is 3.42. The van der Waals surface area contributed by atoms with E-state index in [0.717, 1.165) is 11.2 Å². The van der Waals surface area contributed by atoms with Crippen LogP contribution in [0.3, 0.4) is 0 Å². The molecule has 0 amide bonds. The molecule has 0 bridgehead atoms. The molecule has 0 spiro atoms. The Bertz CT molecular complexity index is 859. The maximum atomic E-state index is 11.1. The van der Waals surface area contributed by atoms with Gasteiger partial charge in [0.1, 0.15) is 0 Å². The minimum atomic E-state index is -1.03. The Morgan fingerprint density at radius 1 is 1.17 bits per heavy atom. The summed E-state index contributed by atoms with van der Waals surface area (Å²) >= 11 is 5.87. The summed E-state index contributed by atoms with van der Waals surface area (Å²) in [7, 11) is 0. The highest BCUT2D eigenvalue weighted by Crippen LogP contribution is 2.27. The van der Waals surface area contributed by atoms with Crippen LogP contribution < -0.4 is 5.48 Å². The van der Waals surface area contributed by atoms with Crippen LogP contribution in [0.1, 0.15) is 10.4 Å². The van der Waals surface area contributed by atoms with Crippen LogP contribution in [0.4, 0.5) is 5.69 Å². The summed E-state index contributed by atoms with van der Waals surface area (Å²) in [6, 6.07) is 11.7. The maximum Gasteiger partial charge on any atom is 0.335 e. The Labute approximate surface area is 136 Å². The Balaban J connectivity index is 2.04. The highest BCUT2D eigenvalue weighted by atomic mass is 35.5. The molecule has 0 aliphatic rings. The Morgan fingerprint density at radius 2 is 1.91 bits per heavy atom. The lowest BCUT2D eigenvalue weighted by Crippen LogP contribution is -2.74. The molecule has 0 atom stereocenters. The van der Waals surface area contributed by atoms with Crippen molar-refractivity contribution in [2.45, 2.75) is 0 Å². The lowest BCUT2D eigenvalue weighted by molar-refractivity contribution is -0.825. The summed E-state index contributed by atoms with van der Waals surface area (Å²) in [5.41, 5.74) is 3.72. The predicted molar refractivity (Wildman–Crippen MR) is 84.3 cm³/mol. The van der Waals surface area contributed by atoms with Crippen molar-refractivity contribution in [3.8, 4) is 16.8 Å². The summed E-state index contributed by atoms with van der Waals surface area (Å²) in [5, 5.41) is 23.4. The molecule has 116 valence electrons. The Kier molecular flexibility index (Phi) is 4.12. The van der Waals surface area contributed by atoms with Crippen LogP contribution in [0.2, 0.25) is 5.02 Å². The molecule has 3 aromatic rings. The van der Waals surface area contributed by atoms with Crippen molar-refractivity contribution in [2.75, 3.05) is 0 Å². The summed E-state index contributed by atoms with van der Waals surface area (Å²) < 4.78 is 1.65. The molecule has 7 heteroatoms. The van der Waals surface area contributed by atoms with E-state index in [1.165, 1.54) is 12.1 Å². The average molecular weight is 331 g/mol. The van der Waals surface area contributed by atoms with E-state index in [0.29, 0.717) is 21.8 Å². The van der Waals surface area contributed by atoms with Crippen molar-refractivity contribution >= 4 is 23.3 Å². The molecule has 1 heterocycles. The minimum absolute atomic E-state index is 0.143. The molecule has 0 radical (unpaired) electrons. The van der Waals surface area contributed by atoms with Gasteiger partial charge in [0.15, 0.2) is 5.69 Å². The summed E-state index contributed by atoms with van der Waals surface area (Å²) in [6.07, 6.45) is 3.37. The smallest absolute Gasteiger partial charge is 0.335 e. The first-order valence-electron chi connectivity index (χ1n) is 6.74. The van der Waals surface area contributed by atoms with Crippen molar-refractivity contribution < 1.29 is 20.6 Å². The third kappa shape index (κ3) is 3.09. The predicted octanol–water partition coefficient (Wildman–Crippen LogP) is 2.47. The van der Waals surface area contributed by atoms with Gasteiger partial charge in [-0.15, -0.1) is 0 Å². The second-order valence-electron chi connectivity index (χ2n) is 4.89. The first kappa shape index (κ1) is 15.2. The summed E-state index contributed by atoms with van der Waals surface area (Å²) in [5.74, 6) is -1.03. The van der Waals surface area contributed by atoms with Crippen LogP contribution in [0.25, 0.3) is 16.8 Å². The van der Waals surface area contributed by atoms with Crippen LogP contribution in [-0.4, -0.2) is 26.1 Å². The Morgan fingerprint density at radius 3 is 2.57 bits per heavy atom. The van der Waals surface area contributed by atoms with Gasteiger partial charge in [-0.3, -0.25) is 0 Å². The molecule has 1 aromatic heterocycles. The zero-order valence-electron chi connectivity index (χ0n) is 11.8. The Hall–Kier alpha value is -2.67. The number of nitrogens with zero attached hydrogens (tertiary/aromatic N) is 2. The number of halogens is 1. The second kappa shape index (κ2) is 6.21. The van der Waals surface area contributed by atoms with E-state index in [2.05, 4.69) is 5.10 Å². The number of hydrogen-bond donors (Lipinski definition) is 3. The molecule has 2 aromatic carbocycles. The zero-order valence-corrected chi connectivity index (χ0v) is 12.6. The van der Waals surface area contributed by atoms with Crippen molar-refractivity contribution in [1.82, 2.24) is 9.78 Å². The standard InChI is InChI=1S/C16H12ClN3O3/c17-12-2-4-13(5-3-12)20-9-11(8-18-20)14-7-10(16(21)22)1-6-15(14)19-23/h1-9,19,23H,(H,21,22)/p+1. The van der Waals surface area contributed by atoms with Gasteiger partial charge in [0.05, 0.1) is 17.4 Å². The van der Waals surface area contributed by atoms with Crippen LogP contribution in [0, 0.1) is 0 Å². The quantitative estimate of drug-likeness (QED) is 0.506. The van der Waals surface area contributed by atoms with E-state index in [1.54, 1.807) is 35.3 Å². The van der Waals surface area contributed by atoms with Crippen molar-refractivity contribution in [2.24, 2.45) is 0 Å². The molecule has 0 saturated heterocycles. The lowest BCUT2D eigenvalue weighted by atomic mass is 10.0. The van der Waals surface area contributed by atoms with Crippen LogP contribution in [0.15, 0.2) is 54.9 Å². The van der Waals surface area contributed by atoms with Crippen LogP contribution in [0.5, 0.6) is 0 Å². The van der Waals surface area contributed by atoms with Crippen LogP contribution in [-0.2, 0) is 0 Å². The van der Waals surface area contributed by atoms with Crippen molar-refractivity contribution in [3.63, 3.8) is 0 Å². The lowest BCUT2D eigenvalue weighted by Gasteiger charge is -2.04. The molecule has 0 unspecified atom stereocenters. The van der Waals surface area contributed by atoms with Gasteiger partial charge < -0.3 is 5.11 Å². The number of hydrogen-bond acceptors (Lipinski definition) is 3. The molecule has 0 aliphatic heterocycles. The van der Waals surface area contributed by atoms with Gasteiger partial charge in [-0.2, -0.15) is 10.6 Å². The summed E-state index contributed by atoms with van der Waals surface area (Å²) in [6.45, 7) is 0. The molecule has 6 nitrogen and oxygen atoms in total. The first-order valence-corrected chi connectivity index (χ1v) is 7.12. The van der Waals surface area contributed by atoms with Gasteiger partial charge in [-0.1, -0.05) is 11.6 Å².